The van der Waals surface area contributed by atoms with E-state index in [1.807, 2.05) is 14.0 Å². The smallest absolute Gasteiger partial charge is 0.337 e. The van der Waals surface area contributed by atoms with E-state index >= 15 is 0 Å². The number of rotatable bonds is 1. The quantitative estimate of drug-likeness (QED) is 0.722. The third-order valence-corrected chi connectivity index (χ3v) is 2.60. The Hall–Kier alpha value is -1.42. The van der Waals surface area contributed by atoms with Crippen molar-refractivity contribution >= 4 is 5.97 Å². The molecule has 0 fully saturated rings. The lowest BCUT2D eigenvalue weighted by atomic mass is 10.0. The maximum atomic E-state index is 10.9. The topological polar surface area (TPSA) is 53.4 Å². The molecule has 0 atom stereocenters. The summed E-state index contributed by atoms with van der Waals surface area (Å²) >= 11 is 0. The maximum absolute atomic E-state index is 10.9. The number of hydrogen-bond donors (Lipinski definition) is 1. The average molecular weight is 192 g/mol. The summed E-state index contributed by atoms with van der Waals surface area (Å²) in [5, 5.41) is 8.97. The maximum Gasteiger partial charge on any atom is 0.337 e. The molecule has 1 aromatic rings. The minimum Gasteiger partial charge on any atom is -0.478 e. The predicted molar refractivity (Wildman–Crippen MR) is 51.1 cm³/mol. The molecule has 14 heavy (non-hydrogen) atoms. The summed E-state index contributed by atoms with van der Waals surface area (Å²) in [6.07, 6.45) is 1.45. The fourth-order valence-electron chi connectivity index (χ4n) is 1.87. The molecule has 2 heterocycles. The van der Waals surface area contributed by atoms with Gasteiger partial charge in [0.1, 0.15) is 0 Å². The molecule has 1 aromatic heterocycles. The van der Waals surface area contributed by atoms with Gasteiger partial charge in [-0.15, -0.1) is 0 Å². The van der Waals surface area contributed by atoms with Gasteiger partial charge in [-0.2, -0.15) is 0 Å². The van der Waals surface area contributed by atoms with Crippen LogP contribution in [0.3, 0.4) is 0 Å². The van der Waals surface area contributed by atoms with Crippen LogP contribution in [-0.2, 0) is 13.1 Å². The van der Waals surface area contributed by atoms with Gasteiger partial charge >= 0.3 is 5.97 Å². The van der Waals surface area contributed by atoms with Crippen molar-refractivity contribution in [2.75, 3.05) is 7.05 Å². The molecule has 0 saturated carbocycles. The highest BCUT2D eigenvalue weighted by atomic mass is 16.4. The molecule has 0 radical (unpaired) electrons. The lowest BCUT2D eigenvalue weighted by Gasteiger charge is -2.04. The molecule has 1 aliphatic heterocycles. The number of nitrogens with zero attached hydrogens (tertiary/aromatic N) is 2. The van der Waals surface area contributed by atoms with Gasteiger partial charge in [0.15, 0.2) is 0 Å². The van der Waals surface area contributed by atoms with Gasteiger partial charge in [0.25, 0.3) is 0 Å². The standard InChI is InChI=1S/C10H12N2O2/c1-6-8-4-12(2)5-9(8)7(3-11-6)10(13)14/h3H,4-5H2,1-2H3,(H,13,14). The van der Waals surface area contributed by atoms with Gasteiger partial charge in [-0.05, 0) is 25.1 Å². The highest BCUT2D eigenvalue weighted by Gasteiger charge is 2.24. The number of aromatic carboxylic acids is 1. The van der Waals surface area contributed by atoms with Gasteiger partial charge in [0.2, 0.25) is 0 Å². The van der Waals surface area contributed by atoms with E-state index in [1.165, 1.54) is 6.20 Å². The molecule has 74 valence electrons. The number of aromatic nitrogens is 1. The van der Waals surface area contributed by atoms with Crippen molar-refractivity contribution in [2.45, 2.75) is 20.0 Å². The third-order valence-electron chi connectivity index (χ3n) is 2.60. The summed E-state index contributed by atoms with van der Waals surface area (Å²) in [4.78, 5) is 17.1. The predicted octanol–water partition coefficient (Wildman–Crippen LogP) is 1.03. The second-order valence-electron chi connectivity index (χ2n) is 3.69. The van der Waals surface area contributed by atoms with Crippen LogP contribution >= 0.6 is 0 Å². The fraction of sp³-hybridized carbons (Fsp3) is 0.400. The lowest BCUT2D eigenvalue weighted by molar-refractivity contribution is 0.0695. The molecule has 0 bridgehead atoms. The van der Waals surface area contributed by atoms with Gasteiger partial charge in [-0.3, -0.25) is 9.88 Å². The molecule has 0 amide bonds. The summed E-state index contributed by atoms with van der Waals surface area (Å²) in [5.74, 6) is -0.885. The molecule has 0 unspecified atom stereocenters. The number of pyridine rings is 1. The molecule has 0 spiro atoms. The molecule has 2 rings (SSSR count). The highest BCUT2D eigenvalue weighted by Crippen LogP contribution is 2.26. The van der Waals surface area contributed by atoms with Crippen molar-refractivity contribution in [3.8, 4) is 0 Å². The van der Waals surface area contributed by atoms with Crippen molar-refractivity contribution in [3.63, 3.8) is 0 Å². The number of hydrogen-bond acceptors (Lipinski definition) is 3. The fourth-order valence-corrected chi connectivity index (χ4v) is 1.87. The van der Waals surface area contributed by atoms with Crippen LogP contribution in [0, 0.1) is 6.92 Å². The number of carboxylic acids is 1. The van der Waals surface area contributed by atoms with E-state index in [9.17, 15) is 4.79 Å². The average Bonchev–Trinajstić information content (AvgIpc) is 2.47. The first kappa shape index (κ1) is 9.15. The van der Waals surface area contributed by atoms with Gasteiger partial charge in [0, 0.05) is 25.0 Å². The van der Waals surface area contributed by atoms with Crippen molar-refractivity contribution in [1.29, 1.82) is 0 Å². The molecule has 4 heteroatoms. The number of fused-ring (bicyclic) bond motifs is 1. The highest BCUT2D eigenvalue weighted by molar-refractivity contribution is 5.89. The first-order valence-corrected chi connectivity index (χ1v) is 4.48. The number of aryl methyl sites for hydroxylation is 1. The van der Waals surface area contributed by atoms with Crippen LogP contribution in [0.2, 0.25) is 0 Å². The monoisotopic (exact) mass is 192 g/mol. The van der Waals surface area contributed by atoms with Crippen LogP contribution < -0.4 is 0 Å². The minimum absolute atomic E-state index is 0.343. The van der Waals surface area contributed by atoms with Crippen LogP contribution in [0.1, 0.15) is 27.2 Å². The van der Waals surface area contributed by atoms with Gasteiger partial charge < -0.3 is 5.11 Å². The zero-order valence-electron chi connectivity index (χ0n) is 8.24. The molecule has 0 aromatic carbocycles. The molecular weight excluding hydrogens is 180 g/mol. The molecule has 1 N–H and O–H groups in total. The Morgan fingerprint density at radius 2 is 2.14 bits per heavy atom. The largest absolute Gasteiger partial charge is 0.478 e. The van der Waals surface area contributed by atoms with Crippen LogP contribution in [-0.4, -0.2) is 28.0 Å². The second kappa shape index (κ2) is 3.06. The van der Waals surface area contributed by atoms with E-state index in [0.717, 1.165) is 23.4 Å². The van der Waals surface area contributed by atoms with Crippen molar-refractivity contribution < 1.29 is 9.90 Å². The summed E-state index contributed by atoms with van der Waals surface area (Å²) in [7, 11) is 1.98. The van der Waals surface area contributed by atoms with E-state index < -0.39 is 5.97 Å². The van der Waals surface area contributed by atoms with Crippen molar-refractivity contribution in [2.24, 2.45) is 0 Å². The van der Waals surface area contributed by atoms with Crippen LogP contribution in [0.4, 0.5) is 0 Å². The zero-order chi connectivity index (χ0) is 10.3. The molecule has 0 saturated heterocycles. The van der Waals surface area contributed by atoms with Gasteiger partial charge in [0.05, 0.1) is 5.56 Å². The van der Waals surface area contributed by atoms with E-state index in [0.29, 0.717) is 12.1 Å². The Labute approximate surface area is 82.2 Å². The van der Waals surface area contributed by atoms with E-state index in [-0.39, 0.29) is 0 Å². The minimum atomic E-state index is -0.885. The van der Waals surface area contributed by atoms with E-state index in [1.54, 1.807) is 0 Å². The van der Waals surface area contributed by atoms with Crippen LogP contribution in [0.15, 0.2) is 6.20 Å². The normalized spacial score (nSPS) is 15.6. The van der Waals surface area contributed by atoms with Crippen molar-refractivity contribution in [1.82, 2.24) is 9.88 Å². The Bertz CT molecular complexity index is 401. The Balaban J connectivity index is 2.59. The number of carbonyl (C=O) groups is 1. The Kier molecular flexibility index (Phi) is 2.00. The van der Waals surface area contributed by atoms with Gasteiger partial charge in [-0.1, -0.05) is 0 Å². The van der Waals surface area contributed by atoms with E-state index in [2.05, 4.69) is 9.88 Å². The Morgan fingerprint density at radius 3 is 2.79 bits per heavy atom. The number of carboxylic acid groups (broad SMARTS) is 1. The molecule has 4 nitrogen and oxygen atoms in total. The first-order valence-electron chi connectivity index (χ1n) is 4.48. The summed E-state index contributed by atoms with van der Waals surface area (Å²) in [6, 6.07) is 0. The third kappa shape index (κ3) is 1.28. The zero-order valence-corrected chi connectivity index (χ0v) is 8.24. The van der Waals surface area contributed by atoms with E-state index in [4.69, 9.17) is 5.11 Å². The Morgan fingerprint density at radius 1 is 1.50 bits per heavy atom. The summed E-state index contributed by atoms with van der Waals surface area (Å²) < 4.78 is 0. The van der Waals surface area contributed by atoms with Crippen LogP contribution in [0.5, 0.6) is 0 Å². The van der Waals surface area contributed by atoms with Crippen LogP contribution in [0.25, 0.3) is 0 Å². The molecule has 1 aliphatic rings. The molecular formula is C10H12N2O2. The second-order valence-corrected chi connectivity index (χ2v) is 3.69. The molecule has 0 aliphatic carbocycles. The lowest BCUT2D eigenvalue weighted by Crippen LogP contribution is -2.08. The SMILES string of the molecule is Cc1ncc(C(=O)O)c2c1CN(C)C2. The van der Waals surface area contributed by atoms with Crippen molar-refractivity contribution in [3.05, 3.63) is 28.6 Å². The summed E-state index contributed by atoms with van der Waals surface area (Å²) in [6.45, 7) is 3.43. The van der Waals surface area contributed by atoms with Gasteiger partial charge in [-0.25, -0.2) is 4.79 Å². The first-order chi connectivity index (χ1) is 6.59. The summed E-state index contributed by atoms with van der Waals surface area (Å²) in [5.41, 5.74) is 3.28.